The lowest BCUT2D eigenvalue weighted by atomic mass is 9.87. The molecule has 0 aromatic carbocycles. The van der Waals surface area contributed by atoms with Crippen LogP contribution in [0, 0.1) is 5.92 Å². The van der Waals surface area contributed by atoms with Crippen LogP contribution in [0.5, 0.6) is 0 Å². The van der Waals surface area contributed by atoms with E-state index < -0.39 is 0 Å². The number of thioether (sulfide) groups is 1. The van der Waals surface area contributed by atoms with Gasteiger partial charge in [0.1, 0.15) is 0 Å². The van der Waals surface area contributed by atoms with Crippen molar-refractivity contribution in [2.45, 2.75) is 31.8 Å². The number of hydrogen-bond donors (Lipinski definition) is 0. The Hall–Kier alpha value is -0.220. The van der Waals surface area contributed by atoms with Crippen LogP contribution in [0.25, 0.3) is 0 Å². The molecule has 0 aromatic rings. The number of ether oxygens (including phenoxy) is 2. The number of hydrogen-bond acceptors (Lipinski definition) is 4. The molecule has 4 heteroatoms. The maximum Gasteiger partial charge on any atom is 0.308 e. The van der Waals surface area contributed by atoms with Crippen LogP contribution in [0.1, 0.15) is 25.7 Å². The molecular weight excluding hydrogens is 212 g/mol. The third-order valence-electron chi connectivity index (χ3n) is 2.85. The van der Waals surface area contributed by atoms with Gasteiger partial charge in [-0.15, -0.1) is 0 Å². The molecule has 1 aliphatic rings. The summed E-state index contributed by atoms with van der Waals surface area (Å²) >= 11 is 1.80. The highest BCUT2D eigenvalue weighted by Crippen LogP contribution is 2.27. The second kappa shape index (κ2) is 7.12. The number of carbonyl (C=O) groups is 1. The molecule has 0 unspecified atom stereocenters. The van der Waals surface area contributed by atoms with E-state index in [-0.39, 0.29) is 11.9 Å². The Labute approximate surface area is 95.9 Å². The van der Waals surface area contributed by atoms with Crippen LogP contribution in [-0.2, 0) is 14.3 Å². The zero-order chi connectivity index (χ0) is 11.1. The molecule has 15 heavy (non-hydrogen) atoms. The first-order chi connectivity index (χ1) is 7.27. The molecule has 0 aliphatic heterocycles. The van der Waals surface area contributed by atoms with Gasteiger partial charge in [-0.2, -0.15) is 11.8 Å². The number of esters is 1. The molecule has 1 fully saturated rings. The Morgan fingerprint density at radius 3 is 2.53 bits per heavy atom. The number of methoxy groups -OCH3 is 1. The Kier molecular flexibility index (Phi) is 6.10. The Morgan fingerprint density at radius 2 is 2.00 bits per heavy atom. The summed E-state index contributed by atoms with van der Waals surface area (Å²) in [6, 6.07) is 0. The van der Waals surface area contributed by atoms with Gasteiger partial charge in [0, 0.05) is 5.75 Å². The van der Waals surface area contributed by atoms with Crippen LogP contribution < -0.4 is 0 Å². The topological polar surface area (TPSA) is 35.5 Å². The zero-order valence-electron chi connectivity index (χ0n) is 9.53. The second-order valence-electron chi connectivity index (χ2n) is 3.86. The lowest BCUT2D eigenvalue weighted by molar-refractivity contribution is -0.147. The van der Waals surface area contributed by atoms with Gasteiger partial charge in [0.2, 0.25) is 0 Å². The van der Waals surface area contributed by atoms with Gasteiger partial charge in [0.05, 0.1) is 25.7 Å². The SMILES string of the molecule is COC(=O)C1CCC(OCCSC)CC1. The smallest absolute Gasteiger partial charge is 0.308 e. The predicted octanol–water partition coefficient (Wildman–Crippen LogP) is 2.10. The Balaban J connectivity index is 2.15. The van der Waals surface area contributed by atoms with Gasteiger partial charge in [-0.1, -0.05) is 0 Å². The second-order valence-corrected chi connectivity index (χ2v) is 4.85. The average molecular weight is 232 g/mol. The normalized spacial score (nSPS) is 26.3. The molecular formula is C11H20O3S. The maximum absolute atomic E-state index is 11.3. The van der Waals surface area contributed by atoms with E-state index in [1.807, 2.05) is 0 Å². The molecule has 0 aromatic heterocycles. The molecule has 1 saturated carbocycles. The fourth-order valence-corrected chi connectivity index (χ4v) is 2.19. The van der Waals surface area contributed by atoms with Gasteiger partial charge >= 0.3 is 5.97 Å². The molecule has 0 N–H and O–H groups in total. The fraction of sp³-hybridized carbons (Fsp3) is 0.909. The van der Waals surface area contributed by atoms with Crippen molar-refractivity contribution in [3.63, 3.8) is 0 Å². The molecule has 0 radical (unpaired) electrons. The summed E-state index contributed by atoms with van der Waals surface area (Å²) in [6.45, 7) is 0.828. The molecule has 0 atom stereocenters. The Bertz CT molecular complexity index is 188. The van der Waals surface area contributed by atoms with Crippen molar-refractivity contribution in [2.75, 3.05) is 25.7 Å². The average Bonchev–Trinajstić information content (AvgIpc) is 2.29. The molecule has 0 amide bonds. The van der Waals surface area contributed by atoms with Gasteiger partial charge in [-0.3, -0.25) is 4.79 Å². The van der Waals surface area contributed by atoms with Gasteiger partial charge < -0.3 is 9.47 Å². The van der Waals surface area contributed by atoms with E-state index >= 15 is 0 Å². The summed E-state index contributed by atoms with van der Waals surface area (Å²) in [5.41, 5.74) is 0. The lowest BCUT2D eigenvalue weighted by Gasteiger charge is -2.26. The van der Waals surface area contributed by atoms with Crippen molar-refractivity contribution in [2.24, 2.45) is 5.92 Å². The van der Waals surface area contributed by atoms with Gasteiger partial charge in [-0.25, -0.2) is 0 Å². The minimum Gasteiger partial charge on any atom is -0.469 e. The van der Waals surface area contributed by atoms with Crippen molar-refractivity contribution in [1.29, 1.82) is 0 Å². The summed E-state index contributed by atoms with van der Waals surface area (Å²) in [6.07, 6.45) is 6.26. The highest BCUT2D eigenvalue weighted by atomic mass is 32.2. The first-order valence-electron chi connectivity index (χ1n) is 5.46. The summed E-state index contributed by atoms with van der Waals surface area (Å²) in [5.74, 6) is 1.10. The third-order valence-corrected chi connectivity index (χ3v) is 3.42. The van der Waals surface area contributed by atoms with E-state index in [0.717, 1.165) is 38.0 Å². The van der Waals surface area contributed by atoms with E-state index in [4.69, 9.17) is 9.47 Å². The van der Waals surface area contributed by atoms with Crippen molar-refractivity contribution in [3.05, 3.63) is 0 Å². The minimum absolute atomic E-state index is 0.0578. The largest absolute Gasteiger partial charge is 0.469 e. The molecule has 0 bridgehead atoms. The third kappa shape index (κ3) is 4.43. The summed E-state index contributed by atoms with van der Waals surface area (Å²) in [4.78, 5) is 11.3. The molecule has 88 valence electrons. The van der Waals surface area contributed by atoms with Gasteiger partial charge in [0.15, 0.2) is 0 Å². The fourth-order valence-electron chi connectivity index (χ4n) is 1.93. The van der Waals surface area contributed by atoms with E-state index in [2.05, 4.69) is 6.26 Å². The van der Waals surface area contributed by atoms with Gasteiger partial charge in [-0.05, 0) is 31.9 Å². The van der Waals surface area contributed by atoms with Crippen LogP contribution in [-0.4, -0.2) is 37.8 Å². The summed E-state index contributed by atoms with van der Waals surface area (Å²) < 4.78 is 10.5. The van der Waals surface area contributed by atoms with Crippen molar-refractivity contribution in [1.82, 2.24) is 0 Å². The first kappa shape index (κ1) is 12.8. The van der Waals surface area contributed by atoms with E-state index in [1.165, 1.54) is 7.11 Å². The highest BCUT2D eigenvalue weighted by Gasteiger charge is 2.26. The molecule has 0 saturated heterocycles. The maximum atomic E-state index is 11.3. The number of carbonyl (C=O) groups excluding carboxylic acids is 1. The molecule has 1 rings (SSSR count). The zero-order valence-corrected chi connectivity index (χ0v) is 10.3. The minimum atomic E-state index is -0.0578. The monoisotopic (exact) mass is 232 g/mol. The predicted molar refractivity (Wildman–Crippen MR) is 62.1 cm³/mol. The molecule has 3 nitrogen and oxygen atoms in total. The first-order valence-corrected chi connectivity index (χ1v) is 6.85. The van der Waals surface area contributed by atoms with Crippen molar-refractivity contribution < 1.29 is 14.3 Å². The summed E-state index contributed by atoms with van der Waals surface area (Å²) in [7, 11) is 1.46. The van der Waals surface area contributed by atoms with E-state index in [9.17, 15) is 4.79 Å². The quantitative estimate of drug-likeness (QED) is 0.537. The van der Waals surface area contributed by atoms with Crippen molar-refractivity contribution >= 4 is 17.7 Å². The van der Waals surface area contributed by atoms with Crippen LogP contribution in [0.3, 0.4) is 0 Å². The van der Waals surface area contributed by atoms with E-state index in [1.54, 1.807) is 11.8 Å². The standard InChI is InChI=1S/C11H20O3S/c1-13-11(12)9-3-5-10(6-4-9)14-7-8-15-2/h9-10H,3-8H2,1-2H3. The highest BCUT2D eigenvalue weighted by molar-refractivity contribution is 7.98. The summed E-state index contributed by atoms with van der Waals surface area (Å²) in [5, 5.41) is 0. The van der Waals surface area contributed by atoms with Crippen LogP contribution >= 0.6 is 11.8 Å². The van der Waals surface area contributed by atoms with E-state index in [0.29, 0.717) is 6.10 Å². The van der Waals surface area contributed by atoms with Crippen LogP contribution in [0.4, 0.5) is 0 Å². The molecule has 1 aliphatic carbocycles. The molecule has 0 heterocycles. The Morgan fingerprint density at radius 1 is 1.33 bits per heavy atom. The van der Waals surface area contributed by atoms with Crippen LogP contribution in [0.15, 0.2) is 0 Å². The molecule has 0 spiro atoms. The van der Waals surface area contributed by atoms with Crippen LogP contribution in [0.2, 0.25) is 0 Å². The lowest BCUT2D eigenvalue weighted by Crippen LogP contribution is -2.27. The van der Waals surface area contributed by atoms with Gasteiger partial charge in [0.25, 0.3) is 0 Å². The van der Waals surface area contributed by atoms with Crippen molar-refractivity contribution in [3.8, 4) is 0 Å². The number of rotatable bonds is 5.